The highest BCUT2D eigenvalue weighted by molar-refractivity contribution is 7.89. The van der Waals surface area contributed by atoms with Crippen molar-refractivity contribution >= 4 is 51.3 Å². The number of carbonyl (C=O) groups excluding carboxylic acids is 5. The largest absolute Gasteiger partial charge is 0.465 e. The number of carbonyl (C=O) groups is 5. The minimum Gasteiger partial charge on any atom is -0.465 e. The zero-order valence-electron chi connectivity index (χ0n) is 36.3. The Hall–Kier alpha value is -4.22. The SMILES string of the molecule is CCOC(=O)[C@H](CNC(=O)CNC(=O)C(CCC1CCN(C(=O)OC(C)(C)C)CC1)CCC1CCN(C(=O)OC(C)(C)C)CC1)NS(=O)(=O)c1ccccc1-c1cccs1. The number of ether oxygens (including phenoxy) is 3. The monoisotopic (exact) mass is 875 g/mol. The quantitative estimate of drug-likeness (QED) is 0.120. The molecule has 4 rings (SSSR count). The maximum absolute atomic E-state index is 13.8. The molecule has 15 nitrogen and oxygen atoms in total. The van der Waals surface area contributed by atoms with Crippen molar-refractivity contribution in [3.8, 4) is 10.4 Å². The van der Waals surface area contributed by atoms with Gasteiger partial charge in [0.1, 0.15) is 17.2 Å². The molecular weight excluding hydrogens is 811 g/mol. The molecule has 1 atom stereocenters. The van der Waals surface area contributed by atoms with Gasteiger partial charge < -0.3 is 34.6 Å². The maximum atomic E-state index is 13.8. The summed E-state index contributed by atoms with van der Waals surface area (Å²) in [4.78, 5) is 69.2. The number of nitrogens with one attached hydrogen (secondary N) is 3. The molecule has 2 aliphatic heterocycles. The normalized spacial score (nSPS) is 16.3. The summed E-state index contributed by atoms with van der Waals surface area (Å²) in [5.41, 5.74) is -0.675. The highest BCUT2D eigenvalue weighted by Gasteiger charge is 2.32. The second-order valence-corrected chi connectivity index (χ2v) is 20.2. The van der Waals surface area contributed by atoms with E-state index in [1.165, 1.54) is 17.4 Å². The van der Waals surface area contributed by atoms with Gasteiger partial charge in [-0.25, -0.2) is 18.0 Å². The van der Waals surface area contributed by atoms with Gasteiger partial charge in [-0.2, -0.15) is 4.72 Å². The van der Waals surface area contributed by atoms with Crippen LogP contribution >= 0.6 is 11.3 Å². The number of piperidine rings is 2. The van der Waals surface area contributed by atoms with Crippen LogP contribution in [0.25, 0.3) is 10.4 Å². The van der Waals surface area contributed by atoms with E-state index in [-0.39, 0.29) is 42.1 Å². The predicted molar refractivity (Wildman–Crippen MR) is 230 cm³/mol. The molecule has 4 amide bonds. The highest BCUT2D eigenvalue weighted by Crippen LogP contribution is 2.32. The smallest absolute Gasteiger partial charge is 0.410 e. The molecule has 3 heterocycles. The van der Waals surface area contributed by atoms with Crippen LogP contribution in [0.5, 0.6) is 0 Å². The molecule has 17 heteroatoms. The Morgan fingerprint density at radius 1 is 0.783 bits per heavy atom. The zero-order valence-corrected chi connectivity index (χ0v) is 37.9. The van der Waals surface area contributed by atoms with Crippen molar-refractivity contribution in [3.05, 3.63) is 41.8 Å². The average Bonchev–Trinajstić information content (AvgIpc) is 3.73. The van der Waals surface area contributed by atoms with Crippen molar-refractivity contribution in [1.82, 2.24) is 25.2 Å². The summed E-state index contributed by atoms with van der Waals surface area (Å²) in [6.07, 6.45) is 5.30. The van der Waals surface area contributed by atoms with Gasteiger partial charge >= 0.3 is 18.2 Å². The Balaban J connectivity index is 1.34. The minimum absolute atomic E-state index is 0.0000555. The van der Waals surface area contributed by atoms with Gasteiger partial charge in [-0.05, 0) is 129 Å². The summed E-state index contributed by atoms with van der Waals surface area (Å²) in [6, 6.07) is 8.63. The lowest BCUT2D eigenvalue weighted by Gasteiger charge is -2.34. The Morgan fingerprint density at radius 2 is 1.32 bits per heavy atom. The van der Waals surface area contributed by atoms with E-state index in [9.17, 15) is 32.4 Å². The van der Waals surface area contributed by atoms with Crippen molar-refractivity contribution < 1.29 is 46.6 Å². The van der Waals surface area contributed by atoms with Gasteiger partial charge in [-0.15, -0.1) is 11.3 Å². The number of sulfonamides is 1. The van der Waals surface area contributed by atoms with Gasteiger partial charge in [-0.1, -0.05) is 24.3 Å². The number of amides is 4. The van der Waals surface area contributed by atoms with E-state index in [1.807, 2.05) is 53.0 Å². The third kappa shape index (κ3) is 15.7. The lowest BCUT2D eigenvalue weighted by Crippen LogP contribution is -2.50. The molecule has 0 unspecified atom stereocenters. The van der Waals surface area contributed by atoms with Crippen LogP contribution in [0.15, 0.2) is 46.7 Å². The van der Waals surface area contributed by atoms with Gasteiger partial charge in [0.2, 0.25) is 21.8 Å². The minimum atomic E-state index is -4.24. The van der Waals surface area contributed by atoms with Crippen molar-refractivity contribution in [2.45, 2.75) is 122 Å². The molecule has 0 aliphatic carbocycles. The fourth-order valence-corrected chi connectivity index (χ4v) is 9.57. The van der Waals surface area contributed by atoms with Gasteiger partial charge in [0.05, 0.1) is 18.0 Å². The first-order valence-corrected chi connectivity index (χ1v) is 23.4. The molecule has 0 saturated carbocycles. The van der Waals surface area contributed by atoms with Crippen LogP contribution in [0, 0.1) is 17.8 Å². The van der Waals surface area contributed by atoms with Crippen LogP contribution in [-0.2, 0) is 38.6 Å². The van der Waals surface area contributed by atoms with Crippen LogP contribution in [0.2, 0.25) is 0 Å². The average molecular weight is 876 g/mol. The van der Waals surface area contributed by atoms with Crippen molar-refractivity contribution in [2.24, 2.45) is 17.8 Å². The Bertz CT molecular complexity index is 1790. The second-order valence-electron chi connectivity index (χ2n) is 17.6. The number of nitrogens with zero attached hydrogens (tertiary/aromatic N) is 2. The third-order valence-corrected chi connectivity index (χ3v) is 12.9. The fourth-order valence-electron chi connectivity index (χ4n) is 7.33. The van der Waals surface area contributed by atoms with Crippen molar-refractivity contribution in [1.29, 1.82) is 0 Å². The third-order valence-electron chi connectivity index (χ3n) is 10.5. The molecule has 60 heavy (non-hydrogen) atoms. The lowest BCUT2D eigenvalue weighted by molar-refractivity contribution is -0.145. The zero-order chi connectivity index (χ0) is 44.1. The van der Waals surface area contributed by atoms with E-state index < -0.39 is 45.7 Å². The molecule has 0 radical (unpaired) electrons. The number of thiophene rings is 1. The molecule has 2 fully saturated rings. The Kier molecular flexibility index (Phi) is 17.8. The van der Waals surface area contributed by atoms with E-state index in [1.54, 1.807) is 41.0 Å². The van der Waals surface area contributed by atoms with E-state index in [4.69, 9.17) is 14.2 Å². The number of benzene rings is 1. The molecule has 3 N–H and O–H groups in total. The number of hydrogen-bond donors (Lipinski definition) is 3. The van der Waals surface area contributed by atoms with Gasteiger partial charge in [0.15, 0.2) is 0 Å². The first-order chi connectivity index (χ1) is 28.2. The summed E-state index contributed by atoms with van der Waals surface area (Å²) < 4.78 is 45.9. The highest BCUT2D eigenvalue weighted by atomic mass is 32.2. The second kappa shape index (κ2) is 22.0. The standard InChI is InChI=1S/C43H65N5O10S2/c1-8-56-39(51)34(46-60(54,55)36-14-10-9-12-33(36)35-13-11-27-59-35)28-44-37(49)29-45-38(50)32(17-15-30-19-23-47(24-20-30)40(52)57-42(2,3)4)18-16-31-21-25-48(26-22-31)41(53)58-43(5,6)7/h9-14,27,30-32,34,46H,8,15-26,28-29H2,1-7H3,(H,44,49)(H,45,50)/t34-/m0/s1. The van der Waals surface area contributed by atoms with E-state index in [2.05, 4.69) is 15.4 Å². The van der Waals surface area contributed by atoms with Crippen LogP contribution in [0.1, 0.15) is 99.8 Å². The fraction of sp³-hybridized carbons (Fsp3) is 0.651. The molecule has 1 aromatic heterocycles. The molecular formula is C43H65N5O10S2. The Labute approximate surface area is 359 Å². The predicted octanol–water partition coefficient (Wildman–Crippen LogP) is 6.33. The number of hydrogen-bond acceptors (Lipinski definition) is 11. The number of likely N-dealkylation sites (tertiary alicyclic amines) is 2. The van der Waals surface area contributed by atoms with Gasteiger partial charge in [0.25, 0.3) is 0 Å². The molecule has 2 saturated heterocycles. The molecule has 0 bridgehead atoms. The molecule has 1 aromatic carbocycles. The van der Waals surface area contributed by atoms with Crippen molar-refractivity contribution in [3.63, 3.8) is 0 Å². The number of rotatable bonds is 17. The molecule has 2 aromatic rings. The molecule has 334 valence electrons. The van der Waals surface area contributed by atoms with Gasteiger partial charge in [0, 0.05) is 49.1 Å². The van der Waals surface area contributed by atoms with Crippen LogP contribution in [0.3, 0.4) is 0 Å². The molecule has 2 aliphatic rings. The number of esters is 1. The summed E-state index contributed by atoms with van der Waals surface area (Å²) in [5.74, 6) is -1.46. The summed E-state index contributed by atoms with van der Waals surface area (Å²) in [7, 11) is -4.24. The first-order valence-electron chi connectivity index (χ1n) is 21.1. The van der Waals surface area contributed by atoms with Crippen LogP contribution in [0.4, 0.5) is 9.59 Å². The summed E-state index contributed by atoms with van der Waals surface area (Å²) >= 11 is 1.38. The first kappa shape index (κ1) is 48.4. The van der Waals surface area contributed by atoms with Crippen LogP contribution < -0.4 is 15.4 Å². The van der Waals surface area contributed by atoms with Gasteiger partial charge in [-0.3, -0.25) is 14.4 Å². The topological polar surface area (TPSA) is 190 Å². The Morgan fingerprint density at radius 3 is 1.80 bits per heavy atom. The lowest BCUT2D eigenvalue weighted by atomic mass is 9.84. The van der Waals surface area contributed by atoms with E-state index >= 15 is 0 Å². The molecule has 0 spiro atoms. The van der Waals surface area contributed by atoms with Crippen LogP contribution in [-0.4, -0.2) is 111 Å². The van der Waals surface area contributed by atoms with E-state index in [0.717, 1.165) is 43.4 Å². The van der Waals surface area contributed by atoms with E-state index in [0.29, 0.717) is 56.4 Å². The summed E-state index contributed by atoms with van der Waals surface area (Å²) in [6.45, 7) is 14.2. The maximum Gasteiger partial charge on any atom is 0.410 e. The summed E-state index contributed by atoms with van der Waals surface area (Å²) in [5, 5.41) is 7.20. The van der Waals surface area contributed by atoms with Crippen molar-refractivity contribution in [2.75, 3.05) is 45.9 Å².